The van der Waals surface area contributed by atoms with Crippen LogP contribution in [0, 0.1) is 0 Å². The van der Waals surface area contributed by atoms with E-state index in [0.717, 1.165) is 0 Å². The first-order valence-corrected chi connectivity index (χ1v) is 7.74. The van der Waals surface area contributed by atoms with Crippen LogP contribution in [0.4, 0.5) is 5.69 Å². The second-order valence-corrected chi connectivity index (χ2v) is 6.97. The van der Waals surface area contributed by atoms with Crippen molar-refractivity contribution in [1.82, 2.24) is 0 Å². The van der Waals surface area contributed by atoms with Crippen LogP contribution in [-0.2, 0) is 15.6 Å². The van der Waals surface area contributed by atoms with Gasteiger partial charge in [0.25, 0.3) is 0 Å². The molecule has 0 atom stereocenters. The van der Waals surface area contributed by atoms with Crippen molar-refractivity contribution in [2.75, 3.05) is 12.8 Å². The fourth-order valence-electron chi connectivity index (χ4n) is 1.62. The molecule has 0 saturated carbocycles. The molecule has 0 amide bonds. The summed E-state index contributed by atoms with van der Waals surface area (Å²) in [6.07, 6.45) is 0. The molecule has 2 aromatic rings. The topological polar surface area (TPSA) is 69.4 Å². The smallest absolute Gasteiger partial charge is 0.191 e. The molecule has 1 heterocycles. The largest absolute Gasteiger partial charge is 0.497 e. The molecule has 4 nitrogen and oxygen atoms in total. The molecule has 0 aliphatic carbocycles. The molecule has 0 fully saturated rings. The Labute approximate surface area is 110 Å². The molecule has 1 aromatic heterocycles. The summed E-state index contributed by atoms with van der Waals surface area (Å²) in [7, 11) is -1.78. The van der Waals surface area contributed by atoms with Gasteiger partial charge in [-0.2, -0.15) is 0 Å². The van der Waals surface area contributed by atoms with Gasteiger partial charge in [-0.15, -0.1) is 11.3 Å². The Kier molecular flexibility index (Phi) is 3.58. The van der Waals surface area contributed by atoms with E-state index < -0.39 is 9.84 Å². The van der Waals surface area contributed by atoms with E-state index in [1.807, 2.05) is 0 Å². The van der Waals surface area contributed by atoms with E-state index in [0.29, 0.717) is 21.2 Å². The molecule has 18 heavy (non-hydrogen) atoms. The fourth-order valence-corrected chi connectivity index (χ4v) is 4.03. The van der Waals surface area contributed by atoms with Gasteiger partial charge in [-0.25, -0.2) is 8.42 Å². The molecular formula is C12H13NO3S2. The number of benzene rings is 1. The minimum absolute atomic E-state index is 0.0745. The number of thiophene rings is 1. The maximum absolute atomic E-state index is 12.1. The standard InChI is InChI=1S/C12H13NO3S2/c1-16-11-6-9(5-10(13)7-11)8-18(14,15)12-3-2-4-17-12/h2-7H,8,13H2,1H3. The van der Waals surface area contributed by atoms with Crippen LogP contribution in [-0.4, -0.2) is 15.5 Å². The van der Waals surface area contributed by atoms with Gasteiger partial charge < -0.3 is 10.5 Å². The number of nitrogen functional groups attached to an aromatic ring is 1. The van der Waals surface area contributed by atoms with Crippen LogP contribution in [0.1, 0.15) is 5.56 Å². The second-order valence-electron chi connectivity index (χ2n) is 3.81. The molecule has 6 heteroatoms. The molecule has 0 radical (unpaired) electrons. The Morgan fingerprint density at radius 3 is 2.72 bits per heavy atom. The lowest BCUT2D eigenvalue weighted by Crippen LogP contribution is -2.04. The Hall–Kier alpha value is -1.53. The third-order valence-corrected chi connectivity index (χ3v) is 5.56. The molecule has 0 aliphatic rings. The molecule has 2 rings (SSSR count). The van der Waals surface area contributed by atoms with E-state index in [1.54, 1.807) is 35.7 Å². The molecule has 0 aliphatic heterocycles. The lowest BCUT2D eigenvalue weighted by Gasteiger charge is -2.06. The van der Waals surface area contributed by atoms with Gasteiger partial charge in [0.1, 0.15) is 9.96 Å². The van der Waals surface area contributed by atoms with E-state index in [1.165, 1.54) is 18.4 Å². The average molecular weight is 283 g/mol. The molecule has 96 valence electrons. The maximum atomic E-state index is 12.1. The predicted molar refractivity (Wildman–Crippen MR) is 72.6 cm³/mol. The van der Waals surface area contributed by atoms with E-state index in [9.17, 15) is 8.42 Å². The Balaban J connectivity index is 2.32. The van der Waals surface area contributed by atoms with Crippen molar-refractivity contribution in [3.63, 3.8) is 0 Å². The second kappa shape index (κ2) is 4.99. The number of ether oxygens (including phenoxy) is 1. The molecule has 1 aromatic carbocycles. The zero-order chi connectivity index (χ0) is 13.2. The summed E-state index contributed by atoms with van der Waals surface area (Å²) >= 11 is 1.21. The van der Waals surface area contributed by atoms with Gasteiger partial charge in [-0.3, -0.25) is 0 Å². The lowest BCUT2D eigenvalue weighted by molar-refractivity contribution is 0.414. The Morgan fingerprint density at radius 1 is 1.33 bits per heavy atom. The average Bonchev–Trinajstić information content (AvgIpc) is 2.81. The highest BCUT2D eigenvalue weighted by Crippen LogP contribution is 2.24. The summed E-state index contributed by atoms with van der Waals surface area (Å²) in [6, 6.07) is 8.30. The molecule has 0 unspecified atom stereocenters. The lowest BCUT2D eigenvalue weighted by atomic mass is 10.2. The van der Waals surface area contributed by atoms with Crippen LogP contribution in [0.25, 0.3) is 0 Å². The number of hydrogen-bond acceptors (Lipinski definition) is 5. The summed E-state index contributed by atoms with van der Waals surface area (Å²) < 4.78 is 29.6. The number of hydrogen-bond donors (Lipinski definition) is 1. The fraction of sp³-hybridized carbons (Fsp3) is 0.167. The van der Waals surface area contributed by atoms with Crippen molar-refractivity contribution in [1.29, 1.82) is 0 Å². The third-order valence-electron chi connectivity index (χ3n) is 2.38. The van der Waals surface area contributed by atoms with Gasteiger partial charge >= 0.3 is 0 Å². The van der Waals surface area contributed by atoms with Gasteiger partial charge in [0.05, 0.1) is 12.9 Å². The molecule has 0 bridgehead atoms. The van der Waals surface area contributed by atoms with Crippen LogP contribution in [0.2, 0.25) is 0 Å². The van der Waals surface area contributed by atoms with Crippen molar-refractivity contribution in [2.45, 2.75) is 9.96 Å². The minimum Gasteiger partial charge on any atom is -0.497 e. The van der Waals surface area contributed by atoms with E-state index in [-0.39, 0.29) is 5.75 Å². The number of methoxy groups -OCH3 is 1. The number of nitrogens with two attached hydrogens (primary N) is 1. The zero-order valence-corrected chi connectivity index (χ0v) is 11.4. The van der Waals surface area contributed by atoms with Gasteiger partial charge in [0.2, 0.25) is 0 Å². The zero-order valence-electron chi connectivity index (χ0n) is 9.79. The quantitative estimate of drug-likeness (QED) is 0.874. The summed E-state index contributed by atoms with van der Waals surface area (Å²) in [5.41, 5.74) is 6.82. The maximum Gasteiger partial charge on any atom is 0.191 e. The van der Waals surface area contributed by atoms with Crippen molar-refractivity contribution in [3.8, 4) is 5.75 Å². The first kappa shape index (κ1) is 12.9. The summed E-state index contributed by atoms with van der Waals surface area (Å²) in [4.78, 5) is 0. The van der Waals surface area contributed by atoms with Gasteiger partial charge in [-0.05, 0) is 29.1 Å². The van der Waals surface area contributed by atoms with Crippen molar-refractivity contribution >= 4 is 26.9 Å². The first-order chi connectivity index (χ1) is 8.51. The van der Waals surface area contributed by atoms with Crippen LogP contribution in [0.5, 0.6) is 5.75 Å². The number of anilines is 1. The molecule has 2 N–H and O–H groups in total. The summed E-state index contributed by atoms with van der Waals surface area (Å²) in [6.45, 7) is 0. The highest BCUT2D eigenvalue weighted by Gasteiger charge is 2.17. The highest BCUT2D eigenvalue weighted by atomic mass is 32.2. The van der Waals surface area contributed by atoms with Crippen molar-refractivity contribution in [2.24, 2.45) is 0 Å². The monoisotopic (exact) mass is 283 g/mol. The van der Waals surface area contributed by atoms with Gasteiger partial charge in [-0.1, -0.05) is 6.07 Å². The van der Waals surface area contributed by atoms with Crippen LogP contribution in [0.3, 0.4) is 0 Å². The van der Waals surface area contributed by atoms with E-state index >= 15 is 0 Å². The van der Waals surface area contributed by atoms with Crippen molar-refractivity contribution in [3.05, 3.63) is 41.3 Å². The summed E-state index contributed by atoms with van der Waals surface area (Å²) in [5.74, 6) is 0.487. The summed E-state index contributed by atoms with van der Waals surface area (Å²) in [5, 5.41) is 1.74. The van der Waals surface area contributed by atoms with Crippen LogP contribution in [0.15, 0.2) is 39.9 Å². The van der Waals surface area contributed by atoms with Crippen LogP contribution >= 0.6 is 11.3 Å². The number of rotatable bonds is 4. The first-order valence-electron chi connectivity index (χ1n) is 5.21. The predicted octanol–water partition coefficient (Wildman–Crippen LogP) is 2.31. The van der Waals surface area contributed by atoms with Crippen molar-refractivity contribution < 1.29 is 13.2 Å². The van der Waals surface area contributed by atoms with Crippen LogP contribution < -0.4 is 10.5 Å². The van der Waals surface area contributed by atoms with Gasteiger partial charge in [0, 0.05) is 11.8 Å². The third kappa shape index (κ3) is 2.83. The number of sulfone groups is 1. The van der Waals surface area contributed by atoms with E-state index in [4.69, 9.17) is 10.5 Å². The normalized spacial score (nSPS) is 11.4. The van der Waals surface area contributed by atoms with Gasteiger partial charge in [0.15, 0.2) is 9.84 Å². The van der Waals surface area contributed by atoms with E-state index in [2.05, 4.69) is 0 Å². The Morgan fingerprint density at radius 2 is 2.11 bits per heavy atom. The Bertz CT molecular complexity index is 633. The minimum atomic E-state index is -3.30. The highest BCUT2D eigenvalue weighted by molar-refractivity contribution is 7.92. The SMILES string of the molecule is COc1cc(N)cc(CS(=O)(=O)c2cccs2)c1. The molecule has 0 saturated heterocycles. The molecule has 0 spiro atoms. The molecular weight excluding hydrogens is 270 g/mol.